The zero-order valence-corrected chi connectivity index (χ0v) is 10.3. The molecule has 0 saturated heterocycles. The molecule has 0 amide bonds. The van der Waals surface area contributed by atoms with Crippen molar-refractivity contribution >= 4 is 17.6 Å². The number of hydrogen-bond acceptors (Lipinski definition) is 5. The van der Waals surface area contributed by atoms with Gasteiger partial charge in [0.25, 0.3) is 5.69 Å². The van der Waals surface area contributed by atoms with E-state index in [9.17, 15) is 19.7 Å². The zero-order chi connectivity index (χ0) is 15.0. The second-order valence-corrected chi connectivity index (χ2v) is 3.58. The molecule has 0 spiro atoms. The standard InChI is InChI=1S/C13H11NO6/c15-12(16)4-2-1-3-9-20-13(17)10-5-7-11(8-6-10)14(18)19/h1,4-8H,3,9H2,(H,15,16). The fraction of sp³-hybridized carbons (Fsp3) is 0.154. The number of carbonyl (C=O) groups is 2. The van der Waals surface area contributed by atoms with Gasteiger partial charge in [-0.3, -0.25) is 10.1 Å². The van der Waals surface area contributed by atoms with Crippen molar-refractivity contribution in [1.29, 1.82) is 0 Å². The smallest absolute Gasteiger partial charge is 0.338 e. The first-order valence-corrected chi connectivity index (χ1v) is 5.56. The number of nitrogens with zero attached hydrogens (tertiary/aromatic N) is 1. The minimum Gasteiger partial charge on any atom is -0.478 e. The Morgan fingerprint density at radius 2 is 2.00 bits per heavy atom. The van der Waals surface area contributed by atoms with Crippen LogP contribution in [-0.4, -0.2) is 28.6 Å². The largest absolute Gasteiger partial charge is 0.478 e. The Kier molecular flexibility index (Phi) is 5.68. The van der Waals surface area contributed by atoms with Crippen molar-refractivity contribution in [2.24, 2.45) is 0 Å². The van der Waals surface area contributed by atoms with Gasteiger partial charge in [-0.05, 0) is 18.2 Å². The molecular weight excluding hydrogens is 266 g/mol. The molecule has 104 valence electrons. The average Bonchev–Trinajstić information content (AvgIpc) is 2.42. The van der Waals surface area contributed by atoms with Crippen molar-refractivity contribution in [1.82, 2.24) is 0 Å². The van der Waals surface area contributed by atoms with Crippen molar-refractivity contribution in [3.63, 3.8) is 0 Å². The number of carboxylic acid groups (broad SMARTS) is 1. The molecule has 0 bridgehead atoms. The lowest BCUT2D eigenvalue weighted by Gasteiger charge is -2.02. The van der Waals surface area contributed by atoms with E-state index in [4.69, 9.17) is 9.84 Å². The quantitative estimate of drug-likeness (QED) is 0.213. The number of rotatable bonds is 6. The number of nitro groups is 1. The summed E-state index contributed by atoms with van der Waals surface area (Å²) in [6, 6.07) is 5.04. The maximum Gasteiger partial charge on any atom is 0.338 e. The molecule has 1 rings (SSSR count). The third kappa shape index (κ3) is 5.16. The van der Waals surface area contributed by atoms with Gasteiger partial charge in [-0.2, -0.15) is 0 Å². The minimum absolute atomic E-state index is 0.0658. The lowest BCUT2D eigenvalue weighted by atomic mass is 10.2. The highest BCUT2D eigenvalue weighted by Gasteiger charge is 2.09. The molecule has 7 nitrogen and oxygen atoms in total. The lowest BCUT2D eigenvalue weighted by molar-refractivity contribution is -0.384. The Bertz CT molecular complexity index is 569. The lowest BCUT2D eigenvalue weighted by Crippen LogP contribution is -2.05. The van der Waals surface area contributed by atoms with Crippen LogP contribution < -0.4 is 0 Å². The molecule has 0 aliphatic heterocycles. The summed E-state index contributed by atoms with van der Waals surface area (Å²) in [6.07, 6.45) is 2.60. The van der Waals surface area contributed by atoms with Gasteiger partial charge >= 0.3 is 11.9 Å². The minimum atomic E-state index is -1.11. The summed E-state index contributed by atoms with van der Waals surface area (Å²) in [5, 5.41) is 18.7. The first-order chi connectivity index (χ1) is 9.50. The van der Waals surface area contributed by atoms with E-state index in [1.807, 2.05) is 0 Å². The second-order valence-electron chi connectivity index (χ2n) is 3.58. The van der Waals surface area contributed by atoms with Crippen molar-refractivity contribution in [2.45, 2.75) is 6.42 Å². The molecule has 0 aliphatic carbocycles. The van der Waals surface area contributed by atoms with Gasteiger partial charge in [0.15, 0.2) is 0 Å². The molecule has 0 atom stereocenters. The van der Waals surface area contributed by atoms with Crippen LogP contribution in [0.1, 0.15) is 16.8 Å². The van der Waals surface area contributed by atoms with Gasteiger partial charge in [-0.25, -0.2) is 9.59 Å². The molecule has 20 heavy (non-hydrogen) atoms. The number of non-ortho nitro benzene ring substituents is 1. The molecule has 0 radical (unpaired) electrons. The van der Waals surface area contributed by atoms with Gasteiger partial charge in [0, 0.05) is 18.6 Å². The van der Waals surface area contributed by atoms with Gasteiger partial charge in [0.2, 0.25) is 0 Å². The first-order valence-electron chi connectivity index (χ1n) is 5.56. The first kappa shape index (κ1) is 15.1. The van der Waals surface area contributed by atoms with Crippen LogP contribution in [0.15, 0.2) is 42.1 Å². The molecule has 0 fully saturated rings. The van der Waals surface area contributed by atoms with Crippen molar-refractivity contribution in [2.75, 3.05) is 6.61 Å². The number of nitro benzene ring substituents is 1. The second kappa shape index (κ2) is 7.50. The SMILES string of the molecule is O=C(O)C=C=CCCOC(=O)c1ccc([N+](=O)[O-])cc1. The summed E-state index contributed by atoms with van der Waals surface area (Å²) >= 11 is 0. The molecular formula is C13H11NO6. The number of ether oxygens (including phenoxy) is 1. The molecule has 0 aliphatic rings. The molecule has 1 N–H and O–H groups in total. The van der Waals surface area contributed by atoms with E-state index < -0.39 is 16.9 Å². The Morgan fingerprint density at radius 1 is 1.35 bits per heavy atom. The monoisotopic (exact) mass is 277 g/mol. The Hall–Kier alpha value is -2.92. The summed E-state index contributed by atoms with van der Waals surface area (Å²) in [6.45, 7) is 0.0658. The van der Waals surface area contributed by atoms with Gasteiger partial charge in [-0.1, -0.05) is 0 Å². The van der Waals surface area contributed by atoms with Crippen LogP contribution in [0.25, 0.3) is 0 Å². The molecule has 1 aromatic rings. The third-order valence-electron chi connectivity index (χ3n) is 2.13. The van der Waals surface area contributed by atoms with Crippen LogP contribution in [0, 0.1) is 10.1 Å². The maximum atomic E-state index is 11.5. The van der Waals surface area contributed by atoms with Crippen molar-refractivity contribution < 1.29 is 24.4 Å². The zero-order valence-electron chi connectivity index (χ0n) is 10.3. The average molecular weight is 277 g/mol. The fourth-order valence-corrected chi connectivity index (χ4v) is 1.23. The Labute approximate surface area is 113 Å². The summed E-state index contributed by atoms with van der Waals surface area (Å²) in [7, 11) is 0. The number of esters is 1. The van der Waals surface area contributed by atoms with E-state index in [0.29, 0.717) is 6.42 Å². The van der Waals surface area contributed by atoms with Crippen LogP contribution in [0.2, 0.25) is 0 Å². The van der Waals surface area contributed by atoms with Crippen LogP contribution in [0.4, 0.5) is 5.69 Å². The van der Waals surface area contributed by atoms with Gasteiger partial charge in [-0.15, -0.1) is 5.73 Å². The van der Waals surface area contributed by atoms with Crippen LogP contribution in [0.5, 0.6) is 0 Å². The van der Waals surface area contributed by atoms with E-state index in [2.05, 4.69) is 5.73 Å². The van der Waals surface area contributed by atoms with E-state index >= 15 is 0 Å². The molecule has 0 unspecified atom stereocenters. The maximum absolute atomic E-state index is 11.5. The van der Waals surface area contributed by atoms with E-state index in [1.165, 1.54) is 30.3 Å². The van der Waals surface area contributed by atoms with E-state index in [1.54, 1.807) is 0 Å². The highest BCUT2D eigenvalue weighted by molar-refractivity contribution is 5.89. The highest BCUT2D eigenvalue weighted by atomic mass is 16.6. The number of hydrogen-bond donors (Lipinski definition) is 1. The van der Waals surface area contributed by atoms with Crippen molar-refractivity contribution in [3.05, 3.63) is 57.8 Å². The number of carboxylic acids is 1. The Morgan fingerprint density at radius 3 is 2.55 bits per heavy atom. The highest BCUT2D eigenvalue weighted by Crippen LogP contribution is 2.12. The number of aliphatic carboxylic acids is 1. The molecule has 0 aromatic heterocycles. The van der Waals surface area contributed by atoms with E-state index in [-0.39, 0.29) is 17.9 Å². The van der Waals surface area contributed by atoms with Gasteiger partial charge < -0.3 is 9.84 Å². The topological polar surface area (TPSA) is 107 Å². The van der Waals surface area contributed by atoms with Gasteiger partial charge in [0.05, 0.1) is 23.2 Å². The summed E-state index contributed by atoms with van der Waals surface area (Å²) in [5.74, 6) is -1.71. The third-order valence-corrected chi connectivity index (χ3v) is 2.13. The molecule has 0 heterocycles. The van der Waals surface area contributed by atoms with Gasteiger partial charge in [0.1, 0.15) is 0 Å². The van der Waals surface area contributed by atoms with E-state index in [0.717, 1.165) is 6.08 Å². The predicted octanol–water partition coefficient (Wildman–Crippen LogP) is 1.94. The van der Waals surface area contributed by atoms with Crippen molar-refractivity contribution in [3.8, 4) is 0 Å². The molecule has 1 aromatic carbocycles. The number of benzene rings is 1. The normalized spacial score (nSPS) is 9.20. The summed E-state index contributed by atoms with van der Waals surface area (Å²) < 4.78 is 4.89. The summed E-state index contributed by atoms with van der Waals surface area (Å²) in [4.78, 5) is 31.5. The van der Waals surface area contributed by atoms with Crippen LogP contribution in [0.3, 0.4) is 0 Å². The molecule has 0 saturated carbocycles. The predicted molar refractivity (Wildman–Crippen MR) is 68.3 cm³/mol. The number of carbonyl (C=O) groups excluding carboxylic acids is 1. The molecule has 7 heteroatoms. The Balaban J connectivity index is 2.45. The summed E-state index contributed by atoms with van der Waals surface area (Å²) in [5.41, 5.74) is 2.50. The van der Waals surface area contributed by atoms with Crippen LogP contribution in [-0.2, 0) is 9.53 Å². The van der Waals surface area contributed by atoms with Crippen LogP contribution >= 0.6 is 0 Å². The fourth-order valence-electron chi connectivity index (χ4n) is 1.23.